The smallest absolute Gasteiger partial charge is 0.119 e. The molecule has 1 N–H and O–H groups in total. The van der Waals surface area contributed by atoms with Gasteiger partial charge in [0.1, 0.15) is 5.75 Å². The molecule has 0 atom stereocenters. The van der Waals surface area contributed by atoms with Crippen molar-refractivity contribution in [2.24, 2.45) is 5.92 Å². The monoisotopic (exact) mass is 284 g/mol. The summed E-state index contributed by atoms with van der Waals surface area (Å²) in [5, 5.41) is 3.42. The summed E-state index contributed by atoms with van der Waals surface area (Å²) in [6.45, 7) is 6.86. The molecule has 0 radical (unpaired) electrons. The maximum absolute atomic E-state index is 5.78. The van der Waals surface area contributed by atoms with Gasteiger partial charge in [0.2, 0.25) is 0 Å². The third-order valence-corrected chi connectivity index (χ3v) is 3.24. The number of ether oxygens (including phenoxy) is 1. The lowest BCUT2D eigenvalue weighted by Gasteiger charge is -2.10. The van der Waals surface area contributed by atoms with Crippen LogP contribution in [0.15, 0.2) is 48.8 Å². The van der Waals surface area contributed by atoms with E-state index >= 15 is 0 Å². The minimum absolute atomic E-state index is 0.675. The molecule has 0 unspecified atom stereocenters. The molecular formula is C18H24N2O. The van der Waals surface area contributed by atoms with Crippen LogP contribution < -0.4 is 10.1 Å². The van der Waals surface area contributed by atoms with Crippen molar-refractivity contribution in [2.75, 3.05) is 6.61 Å². The van der Waals surface area contributed by atoms with Crippen LogP contribution in [0.1, 0.15) is 31.4 Å². The van der Waals surface area contributed by atoms with Crippen LogP contribution in [0.4, 0.5) is 0 Å². The van der Waals surface area contributed by atoms with E-state index in [1.54, 1.807) is 6.20 Å². The van der Waals surface area contributed by atoms with Crippen LogP contribution >= 0.6 is 0 Å². The third kappa shape index (κ3) is 5.96. The molecular weight excluding hydrogens is 260 g/mol. The number of rotatable bonds is 8. The summed E-state index contributed by atoms with van der Waals surface area (Å²) in [6.07, 6.45) is 4.77. The zero-order chi connectivity index (χ0) is 14.9. The van der Waals surface area contributed by atoms with Crippen LogP contribution in [0, 0.1) is 5.92 Å². The minimum atomic E-state index is 0.675. The molecule has 2 rings (SSSR count). The van der Waals surface area contributed by atoms with E-state index in [0.717, 1.165) is 31.9 Å². The van der Waals surface area contributed by atoms with Gasteiger partial charge in [0, 0.05) is 25.5 Å². The lowest BCUT2D eigenvalue weighted by atomic mass is 10.1. The van der Waals surface area contributed by atoms with E-state index in [9.17, 15) is 0 Å². The van der Waals surface area contributed by atoms with Crippen LogP contribution in [-0.4, -0.2) is 11.6 Å². The van der Waals surface area contributed by atoms with Crippen LogP contribution in [0.5, 0.6) is 5.75 Å². The highest BCUT2D eigenvalue weighted by molar-refractivity contribution is 5.28. The Balaban J connectivity index is 1.78. The fourth-order valence-electron chi connectivity index (χ4n) is 2.01. The summed E-state index contributed by atoms with van der Waals surface area (Å²) in [5.74, 6) is 1.63. The Morgan fingerprint density at radius 2 is 1.90 bits per heavy atom. The van der Waals surface area contributed by atoms with E-state index in [2.05, 4.69) is 42.3 Å². The van der Waals surface area contributed by atoms with Gasteiger partial charge >= 0.3 is 0 Å². The highest BCUT2D eigenvalue weighted by Crippen LogP contribution is 2.14. The highest BCUT2D eigenvalue weighted by atomic mass is 16.5. The summed E-state index contributed by atoms with van der Waals surface area (Å²) in [5.41, 5.74) is 2.43. The molecule has 0 aliphatic rings. The molecule has 112 valence electrons. The number of hydrogen-bond acceptors (Lipinski definition) is 3. The van der Waals surface area contributed by atoms with Gasteiger partial charge in [-0.05, 0) is 41.7 Å². The van der Waals surface area contributed by atoms with E-state index in [4.69, 9.17) is 4.74 Å². The molecule has 0 fully saturated rings. The Bertz CT molecular complexity index is 526. The molecule has 0 aliphatic heterocycles. The van der Waals surface area contributed by atoms with E-state index in [1.165, 1.54) is 11.1 Å². The van der Waals surface area contributed by atoms with Gasteiger partial charge in [-0.15, -0.1) is 0 Å². The van der Waals surface area contributed by atoms with E-state index < -0.39 is 0 Å². The van der Waals surface area contributed by atoms with Gasteiger partial charge in [-0.1, -0.05) is 32.0 Å². The molecule has 0 saturated heterocycles. The second-order valence-electron chi connectivity index (χ2n) is 5.64. The fourth-order valence-corrected chi connectivity index (χ4v) is 2.01. The first-order chi connectivity index (χ1) is 10.2. The first-order valence-corrected chi connectivity index (χ1v) is 7.55. The standard InChI is InChI=1S/C18H24N2O/c1-15(2)8-10-21-18-7-3-5-16(11-18)12-20-14-17-6-4-9-19-13-17/h3-7,9,11,13,15,20H,8,10,12,14H2,1-2H3. The van der Waals surface area contributed by atoms with Crippen molar-refractivity contribution in [3.63, 3.8) is 0 Å². The number of aromatic nitrogens is 1. The van der Waals surface area contributed by atoms with Crippen molar-refractivity contribution < 1.29 is 4.74 Å². The lowest BCUT2D eigenvalue weighted by molar-refractivity contribution is 0.289. The molecule has 1 aromatic heterocycles. The average molecular weight is 284 g/mol. The Morgan fingerprint density at radius 1 is 1.10 bits per heavy atom. The molecule has 0 aliphatic carbocycles. The Hall–Kier alpha value is -1.87. The number of nitrogens with one attached hydrogen (secondary N) is 1. The maximum Gasteiger partial charge on any atom is 0.119 e. The molecule has 1 aromatic carbocycles. The van der Waals surface area contributed by atoms with Crippen molar-refractivity contribution in [3.05, 3.63) is 59.9 Å². The molecule has 1 heterocycles. The summed E-state index contributed by atoms with van der Waals surface area (Å²) in [7, 11) is 0. The average Bonchev–Trinajstić information content (AvgIpc) is 2.48. The van der Waals surface area contributed by atoms with Gasteiger partial charge in [0.05, 0.1) is 6.61 Å². The SMILES string of the molecule is CC(C)CCOc1cccc(CNCc2cccnc2)c1. The normalized spacial score (nSPS) is 10.8. The van der Waals surface area contributed by atoms with E-state index in [0.29, 0.717) is 5.92 Å². The number of pyridine rings is 1. The Kier molecular flexibility index (Phi) is 6.22. The second kappa shape index (κ2) is 8.42. The zero-order valence-corrected chi connectivity index (χ0v) is 12.9. The van der Waals surface area contributed by atoms with Crippen LogP contribution in [0.25, 0.3) is 0 Å². The van der Waals surface area contributed by atoms with Crippen molar-refractivity contribution in [2.45, 2.75) is 33.4 Å². The van der Waals surface area contributed by atoms with Crippen LogP contribution in [-0.2, 0) is 13.1 Å². The summed E-state index contributed by atoms with van der Waals surface area (Å²) >= 11 is 0. The Morgan fingerprint density at radius 3 is 2.67 bits per heavy atom. The van der Waals surface area contributed by atoms with Crippen LogP contribution in [0.2, 0.25) is 0 Å². The fraction of sp³-hybridized carbons (Fsp3) is 0.389. The number of nitrogens with zero attached hydrogens (tertiary/aromatic N) is 1. The van der Waals surface area contributed by atoms with E-state index in [1.807, 2.05) is 24.4 Å². The highest BCUT2D eigenvalue weighted by Gasteiger charge is 1.99. The second-order valence-corrected chi connectivity index (χ2v) is 5.64. The zero-order valence-electron chi connectivity index (χ0n) is 12.9. The molecule has 3 nitrogen and oxygen atoms in total. The molecule has 0 bridgehead atoms. The van der Waals surface area contributed by atoms with Crippen LogP contribution in [0.3, 0.4) is 0 Å². The molecule has 0 saturated carbocycles. The summed E-state index contributed by atoms with van der Waals surface area (Å²) < 4.78 is 5.78. The third-order valence-electron chi connectivity index (χ3n) is 3.24. The van der Waals surface area contributed by atoms with Crippen molar-refractivity contribution in [1.29, 1.82) is 0 Å². The predicted octanol–water partition coefficient (Wildman–Crippen LogP) is 3.80. The quantitative estimate of drug-likeness (QED) is 0.800. The van der Waals surface area contributed by atoms with Gasteiger partial charge in [0.25, 0.3) is 0 Å². The molecule has 0 amide bonds. The van der Waals surface area contributed by atoms with E-state index in [-0.39, 0.29) is 0 Å². The number of hydrogen-bond donors (Lipinski definition) is 1. The maximum atomic E-state index is 5.78. The van der Waals surface area contributed by atoms with Gasteiger partial charge in [-0.25, -0.2) is 0 Å². The van der Waals surface area contributed by atoms with Crippen molar-refractivity contribution in [1.82, 2.24) is 10.3 Å². The van der Waals surface area contributed by atoms with Crippen molar-refractivity contribution >= 4 is 0 Å². The van der Waals surface area contributed by atoms with Crippen molar-refractivity contribution in [3.8, 4) is 5.75 Å². The number of benzene rings is 1. The largest absolute Gasteiger partial charge is 0.494 e. The lowest BCUT2D eigenvalue weighted by Crippen LogP contribution is -2.12. The summed E-state index contributed by atoms with van der Waals surface area (Å²) in [6, 6.07) is 12.3. The van der Waals surface area contributed by atoms with Gasteiger partial charge in [0.15, 0.2) is 0 Å². The molecule has 0 spiro atoms. The van der Waals surface area contributed by atoms with Gasteiger partial charge in [-0.3, -0.25) is 4.98 Å². The summed E-state index contributed by atoms with van der Waals surface area (Å²) in [4.78, 5) is 4.11. The predicted molar refractivity (Wildman–Crippen MR) is 86.2 cm³/mol. The Labute approximate surface area is 127 Å². The minimum Gasteiger partial charge on any atom is -0.494 e. The topological polar surface area (TPSA) is 34.1 Å². The van der Waals surface area contributed by atoms with Gasteiger partial charge < -0.3 is 10.1 Å². The molecule has 21 heavy (non-hydrogen) atoms. The van der Waals surface area contributed by atoms with Gasteiger partial charge in [-0.2, -0.15) is 0 Å². The first-order valence-electron chi connectivity index (χ1n) is 7.55. The molecule has 3 heteroatoms. The first kappa shape index (κ1) is 15.5. The molecule has 2 aromatic rings.